The summed E-state index contributed by atoms with van der Waals surface area (Å²) in [6.07, 6.45) is 1.66. The van der Waals surface area contributed by atoms with Crippen LogP contribution in [-0.2, 0) is 0 Å². The van der Waals surface area contributed by atoms with Crippen LogP contribution < -0.4 is 0 Å². The van der Waals surface area contributed by atoms with Crippen LogP contribution in [0.2, 0.25) is 0 Å². The number of hydrogen-bond acceptors (Lipinski definition) is 3. The average molecular weight is 215 g/mol. The molecule has 0 N–H and O–H groups in total. The normalized spacial score (nSPS) is 10.4. The fraction of sp³-hybridized carbons (Fsp3) is 0.250. The van der Waals surface area contributed by atoms with Gasteiger partial charge in [-0.3, -0.25) is 9.78 Å². The predicted octanol–water partition coefficient (Wildman–Crippen LogP) is 2.09. The molecule has 16 heavy (non-hydrogen) atoms. The van der Waals surface area contributed by atoms with E-state index < -0.39 is 0 Å². The number of Topliss-reactive ketones (excluding diaryl/α,β-unsaturated/α-hetero) is 1. The van der Waals surface area contributed by atoms with Crippen molar-refractivity contribution in [2.24, 2.45) is 0 Å². The Bertz CT molecular complexity index is 526. The van der Waals surface area contributed by atoms with Crippen molar-refractivity contribution in [3.05, 3.63) is 41.5 Å². The second-order valence-electron chi connectivity index (χ2n) is 3.80. The van der Waals surface area contributed by atoms with E-state index in [2.05, 4.69) is 10.1 Å². The maximum atomic E-state index is 11.1. The quantitative estimate of drug-likeness (QED) is 0.721. The lowest BCUT2D eigenvalue weighted by atomic mass is 10.2. The summed E-state index contributed by atoms with van der Waals surface area (Å²) in [5.74, 6) is -0.0279. The van der Waals surface area contributed by atoms with Gasteiger partial charge in [-0.15, -0.1) is 0 Å². The molecule has 0 fully saturated rings. The van der Waals surface area contributed by atoms with Crippen LogP contribution in [-0.4, -0.2) is 20.5 Å². The summed E-state index contributed by atoms with van der Waals surface area (Å²) in [6.45, 7) is 5.44. The number of ketones is 1. The van der Waals surface area contributed by atoms with Crippen LogP contribution in [0.1, 0.15) is 28.8 Å². The van der Waals surface area contributed by atoms with Gasteiger partial charge in [0.1, 0.15) is 5.69 Å². The molecular weight excluding hydrogens is 202 g/mol. The number of nitrogens with zero attached hydrogens (tertiary/aromatic N) is 3. The average Bonchev–Trinajstić information content (AvgIpc) is 2.58. The van der Waals surface area contributed by atoms with Gasteiger partial charge in [0.2, 0.25) is 0 Å². The summed E-state index contributed by atoms with van der Waals surface area (Å²) >= 11 is 0. The Morgan fingerprint density at radius 1 is 1.31 bits per heavy atom. The molecule has 2 rings (SSSR count). The van der Waals surface area contributed by atoms with Gasteiger partial charge in [0.15, 0.2) is 5.78 Å². The van der Waals surface area contributed by atoms with Crippen LogP contribution in [0.25, 0.3) is 5.69 Å². The molecule has 0 aromatic carbocycles. The number of carbonyl (C=O) groups excluding carboxylic acids is 1. The van der Waals surface area contributed by atoms with E-state index in [9.17, 15) is 4.79 Å². The first-order valence-corrected chi connectivity index (χ1v) is 5.08. The molecule has 0 spiro atoms. The van der Waals surface area contributed by atoms with Gasteiger partial charge < -0.3 is 0 Å². The smallest absolute Gasteiger partial charge is 0.178 e. The molecule has 4 heteroatoms. The molecule has 0 aliphatic heterocycles. The van der Waals surface area contributed by atoms with Crippen molar-refractivity contribution < 1.29 is 4.79 Å². The highest BCUT2D eigenvalue weighted by Gasteiger charge is 2.05. The van der Waals surface area contributed by atoms with E-state index in [-0.39, 0.29) is 5.78 Å². The minimum atomic E-state index is -0.0279. The molecule has 2 aromatic rings. The van der Waals surface area contributed by atoms with Gasteiger partial charge in [-0.1, -0.05) is 0 Å². The monoisotopic (exact) mass is 215 g/mol. The molecule has 0 amide bonds. The first-order valence-electron chi connectivity index (χ1n) is 5.08. The van der Waals surface area contributed by atoms with Crippen molar-refractivity contribution in [3.63, 3.8) is 0 Å². The lowest BCUT2D eigenvalue weighted by Gasteiger charge is -2.03. The third-order valence-electron chi connectivity index (χ3n) is 2.36. The van der Waals surface area contributed by atoms with Crippen molar-refractivity contribution in [1.29, 1.82) is 0 Å². The minimum absolute atomic E-state index is 0.0279. The Kier molecular flexibility index (Phi) is 2.56. The number of aryl methyl sites for hydroxylation is 2. The second kappa shape index (κ2) is 3.89. The standard InChI is InChI=1S/C12H13N3O/c1-8-6-9(2)15(14-8)11-4-5-12(10(3)16)13-7-11/h4-7H,1-3H3. The van der Waals surface area contributed by atoms with Crippen LogP contribution in [0.3, 0.4) is 0 Å². The summed E-state index contributed by atoms with van der Waals surface area (Å²) in [7, 11) is 0. The van der Waals surface area contributed by atoms with Crippen molar-refractivity contribution in [2.45, 2.75) is 20.8 Å². The number of rotatable bonds is 2. The SMILES string of the molecule is CC(=O)c1ccc(-n2nc(C)cc2C)cn1. The fourth-order valence-corrected chi connectivity index (χ4v) is 1.61. The molecule has 0 atom stereocenters. The molecule has 0 radical (unpaired) electrons. The lowest BCUT2D eigenvalue weighted by Crippen LogP contribution is -2.02. The minimum Gasteiger partial charge on any atom is -0.293 e. The van der Waals surface area contributed by atoms with Gasteiger partial charge >= 0.3 is 0 Å². The van der Waals surface area contributed by atoms with E-state index in [1.54, 1.807) is 12.3 Å². The Labute approximate surface area is 93.9 Å². The van der Waals surface area contributed by atoms with E-state index in [4.69, 9.17) is 0 Å². The Morgan fingerprint density at radius 3 is 2.50 bits per heavy atom. The summed E-state index contributed by atoms with van der Waals surface area (Å²) in [6, 6.07) is 5.57. The van der Waals surface area contributed by atoms with Crippen molar-refractivity contribution in [2.75, 3.05) is 0 Å². The van der Waals surface area contributed by atoms with Gasteiger partial charge in [0.05, 0.1) is 17.6 Å². The lowest BCUT2D eigenvalue weighted by molar-refractivity contribution is 0.101. The second-order valence-corrected chi connectivity index (χ2v) is 3.80. The van der Waals surface area contributed by atoms with Gasteiger partial charge in [-0.25, -0.2) is 4.68 Å². The topological polar surface area (TPSA) is 47.8 Å². The molecule has 0 unspecified atom stereocenters. The van der Waals surface area contributed by atoms with Crippen molar-refractivity contribution >= 4 is 5.78 Å². The van der Waals surface area contributed by atoms with E-state index in [1.165, 1.54) is 6.92 Å². The Hall–Kier alpha value is -1.97. The maximum Gasteiger partial charge on any atom is 0.178 e. The highest BCUT2D eigenvalue weighted by atomic mass is 16.1. The molecule has 0 bridgehead atoms. The van der Waals surface area contributed by atoms with Crippen molar-refractivity contribution in [3.8, 4) is 5.69 Å². The van der Waals surface area contributed by atoms with Gasteiger partial charge in [-0.05, 0) is 32.0 Å². The van der Waals surface area contributed by atoms with E-state index >= 15 is 0 Å². The molecular formula is C12H13N3O. The Morgan fingerprint density at radius 2 is 2.06 bits per heavy atom. The molecule has 0 aliphatic carbocycles. The number of pyridine rings is 1. The molecule has 0 saturated heterocycles. The van der Waals surface area contributed by atoms with Crippen LogP contribution >= 0.6 is 0 Å². The summed E-state index contributed by atoms with van der Waals surface area (Å²) in [4.78, 5) is 15.2. The van der Waals surface area contributed by atoms with Crippen LogP contribution in [0, 0.1) is 13.8 Å². The van der Waals surface area contributed by atoms with Crippen LogP contribution in [0.15, 0.2) is 24.4 Å². The van der Waals surface area contributed by atoms with E-state index in [1.807, 2.05) is 30.7 Å². The maximum absolute atomic E-state index is 11.1. The highest BCUT2D eigenvalue weighted by molar-refractivity contribution is 5.92. The molecule has 82 valence electrons. The number of carbonyl (C=O) groups is 1. The molecule has 2 aromatic heterocycles. The van der Waals surface area contributed by atoms with E-state index in [0.29, 0.717) is 5.69 Å². The summed E-state index contributed by atoms with van der Waals surface area (Å²) in [5.41, 5.74) is 3.36. The van der Waals surface area contributed by atoms with Crippen LogP contribution in [0.4, 0.5) is 0 Å². The third-order valence-corrected chi connectivity index (χ3v) is 2.36. The summed E-state index contributed by atoms with van der Waals surface area (Å²) in [5, 5.41) is 4.35. The fourth-order valence-electron chi connectivity index (χ4n) is 1.61. The van der Waals surface area contributed by atoms with E-state index in [0.717, 1.165) is 17.1 Å². The molecule has 0 aliphatic rings. The first kappa shape index (κ1) is 10.5. The largest absolute Gasteiger partial charge is 0.293 e. The molecule has 2 heterocycles. The van der Waals surface area contributed by atoms with Crippen molar-refractivity contribution in [1.82, 2.24) is 14.8 Å². The highest BCUT2D eigenvalue weighted by Crippen LogP contribution is 2.11. The zero-order chi connectivity index (χ0) is 11.7. The number of aromatic nitrogens is 3. The predicted molar refractivity (Wildman–Crippen MR) is 60.8 cm³/mol. The van der Waals surface area contributed by atoms with Gasteiger partial charge in [0, 0.05) is 12.6 Å². The zero-order valence-corrected chi connectivity index (χ0v) is 9.56. The zero-order valence-electron chi connectivity index (χ0n) is 9.56. The third kappa shape index (κ3) is 1.86. The Balaban J connectivity index is 2.42. The first-order chi connectivity index (χ1) is 7.58. The van der Waals surface area contributed by atoms with Crippen LogP contribution in [0.5, 0.6) is 0 Å². The summed E-state index contributed by atoms with van der Waals surface area (Å²) < 4.78 is 1.81. The number of hydrogen-bond donors (Lipinski definition) is 0. The molecule has 0 saturated carbocycles. The molecule has 4 nitrogen and oxygen atoms in total. The van der Waals surface area contributed by atoms with Gasteiger partial charge in [0.25, 0.3) is 0 Å². The van der Waals surface area contributed by atoms with Gasteiger partial charge in [-0.2, -0.15) is 5.10 Å².